The second-order valence-corrected chi connectivity index (χ2v) is 6.47. The molecule has 22 heavy (non-hydrogen) atoms. The molecule has 0 bridgehead atoms. The van der Waals surface area contributed by atoms with Crippen LogP contribution in [0.1, 0.15) is 90.9 Å². The highest BCUT2D eigenvalue weighted by Crippen LogP contribution is 2.20. The smallest absolute Gasteiger partial charge is 0.434 e. The average molecular weight is 310 g/mol. The maximum absolute atomic E-state index is 11.6. The number of ether oxygens (including phenoxy) is 2. The quantitative estimate of drug-likeness (QED) is 0.555. The van der Waals surface area contributed by atoms with Gasteiger partial charge in [0.05, 0.1) is 6.61 Å². The van der Waals surface area contributed by atoms with Gasteiger partial charge in [-0.1, -0.05) is 64.7 Å². The Morgan fingerprint density at radius 2 is 1.55 bits per heavy atom. The summed E-state index contributed by atoms with van der Waals surface area (Å²) in [7, 11) is 0. The number of hydrogen-bond donors (Lipinski definition) is 0. The van der Waals surface area contributed by atoms with Gasteiger partial charge in [0.1, 0.15) is 5.76 Å². The van der Waals surface area contributed by atoms with E-state index in [1.54, 1.807) is 6.92 Å². The van der Waals surface area contributed by atoms with Crippen LogP contribution in [-0.4, -0.2) is 12.8 Å². The molecule has 0 saturated heterocycles. The highest BCUT2D eigenvalue weighted by Gasteiger charge is 2.10. The molecule has 0 aliphatic heterocycles. The second-order valence-electron chi connectivity index (χ2n) is 6.47. The molecule has 0 N–H and O–H groups in total. The molecule has 0 radical (unpaired) electrons. The summed E-state index contributed by atoms with van der Waals surface area (Å²) < 4.78 is 10.3. The van der Waals surface area contributed by atoms with Crippen molar-refractivity contribution in [1.82, 2.24) is 0 Å². The topological polar surface area (TPSA) is 35.5 Å². The van der Waals surface area contributed by atoms with Crippen LogP contribution in [0.2, 0.25) is 0 Å². The van der Waals surface area contributed by atoms with Gasteiger partial charge in [-0.05, 0) is 31.8 Å². The van der Waals surface area contributed by atoms with Crippen molar-refractivity contribution in [3.8, 4) is 0 Å². The van der Waals surface area contributed by atoms with Gasteiger partial charge < -0.3 is 9.47 Å². The van der Waals surface area contributed by atoms with Crippen LogP contribution in [0.5, 0.6) is 0 Å². The molecule has 0 amide bonds. The average Bonchev–Trinajstić information content (AvgIpc) is 2.48. The van der Waals surface area contributed by atoms with E-state index < -0.39 is 6.16 Å². The summed E-state index contributed by atoms with van der Waals surface area (Å²) in [5.74, 6) is 1.27. The van der Waals surface area contributed by atoms with Crippen LogP contribution >= 0.6 is 0 Å². The van der Waals surface area contributed by atoms with Crippen LogP contribution < -0.4 is 0 Å². The van der Waals surface area contributed by atoms with E-state index in [9.17, 15) is 4.79 Å². The number of carbonyl (C=O) groups is 1. The molecule has 1 atom stereocenters. The summed E-state index contributed by atoms with van der Waals surface area (Å²) in [6.45, 7) is 4.38. The molecule has 0 fully saturated rings. The third-order valence-corrected chi connectivity index (χ3v) is 4.28. The lowest BCUT2D eigenvalue weighted by Gasteiger charge is -2.12. The van der Waals surface area contributed by atoms with Crippen molar-refractivity contribution in [2.45, 2.75) is 90.9 Å². The first kappa shape index (κ1) is 19.1. The molecule has 0 heterocycles. The largest absolute Gasteiger partial charge is 0.513 e. The van der Waals surface area contributed by atoms with Crippen molar-refractivity contribution < 1.29 is 14.3 Å². The van der Waals surface area contributed by atoms with E-state index >= 15 is 0 Å². The SMILES string of the molecule is CCOC(=O)O/C1=C/C(C)CCCCCCCCCCCC1. The molecule has 0 aromatic carbocycles. The third kappa shape index (κ3) is 9.86. The predicted octanol–water partition coefficient (Wildman–Crippen LogP) is 6.37. The van der Waals surface area contributed by atoms with Crippen LogP contribution in [0.25, 0.3) is 0 Å². The zero-order chi connectivity index (χ0) is 16.0. The molecule has 0 aromatic rings. The van der Waals surface area contributed by atoms with Crippen molar-refractivity contribution in [3.63, 3.8) is 0 Å². The zero-order valence-electron chi connectivity index (χ0n) is 14.6. The van der Waals surface area contributed by atoms with Gasteiger partial charge in [0.15, 0.2) is 0 Å². The van der Waals surface area contributed by atoms with E-state index in [1.807, 2.05) is 0 Å². The molecule has 0 aromatic heterocycles. The first-order valence-corrected chi connectivity index (χ1v) is 9.27. The number of allylic oxidation sites excluding steroid dienone is 2. The Kier molecular flexibility index (Phi) is 10.9. The van der Waals surface area contributed by atoms with E-state index in [0.717, 1.165) is 18.6 Å². The molecular weight excluding hydrogens is 276 g/mol. The number of rotatable bonds is 2. The molecular formula is C19H34O3. The van der Waals surface area contributed by atoms with Gasteiger partial charge in [-0.3, -0.25) is 0 Å². The van der Waals surface area contributed by atoms with Gasteiger partial charge in [-0.25, -0.2) is 4.79 Å². The van der Waals surface area contributed by atoms with Crippen LogP contribution in [0.15, 0.2) is 11.8 Å². The Morgan fingerprint density at radius 3 is 2.14 bits per heavy atom. The summed E-state index contributed by atoms with van der Waals surface area (Å²) in [6.07, 6.45) is 16.7. The van der Waals surface area contributed by atoms with Crippen LogP contribution in [0.3, 0.4) is 0 Å². The van der Waals surface area contributed by atoms with Gasteiger partial charge >= 0.3 is 6.16 Å². The van der Waals surface area contributed by atoms with Gasteiger partial charge in [0.2, 0.25) is 0 Å². The minimum absolute atomic E-state index is 0.363. The molecule has 3 nitrogen and oxygen atoms in total. The monoisotopic (exact) mass is 310 g/mol. The summed E-state index contributed by atoms with van der Waals surface area (Å²) in [6, 6.07) is 0. The second kappa shape index (κ2) is 12.5. The Labute approximate surface area is 136 Å². The van der Waals surface area contributed by atoms with E-state index in [1.165, 1.54) is 64.2 Å². The van der Waals surface area contributed by atoms with Gasteiger partial charge in [-0.15, -0.1) is 0 Å². The maximum atomic E-state index is 11.6. The molecule has 0 spiro atoms. The lowest BCUT2D eigenvalue weighted by molar-refractivity contribution is 0.0786. The molecule has 1 aliphatic carbocycles. The maximum Gasteiger partial charge on any atom is 0.513 e. The van der Waals surface area contributed by atoms with Crippen molar-refractivity contribution >= 4 is 6.16 Å². The molecule has 1 unspecified atom stereocenters. The predicted molar refractivity (Wildman–Crippen MR) is 90.8 cm³/mol. The minimum atomic E-state index is -0.557. The Bertz CT molecular complexity index is 323. The third-order valence-electron chi connectivity index (χ3n) is 4.28. The van der Waals surface area contributed by atoms with E-state index in [2.05, 4.69) is 13.0 Å². The van der Waals surface area contributed by atoms with E-state index in [-0.39, 0.29) is 0 Å². The van der Waals surface area contributed by atoms with Crippen LogP contribution in [-0.2, 0) is 9.47 Å². The summed E-state index contributed by atoms with van der Waals surface area (Å²) in [5.41, 5.74) is 0. The molecule has 1 aliphatic rings. The van der Waals surface area contributed by atoms with Crippen molar-refractivity contribution in [3.05, 3.63) is 11.8 Å². The molecule has 0 saturated carbocycles. The Hall–Kier alpha value is -0.990. The van der Waals surface area contributed by atoms with Gasteiger partial charge in [0.25, 0.3) is 0 Å². The molecule has 1 rings (SSSR count). The molecule has 128 valence electrons. The normalized spacial score (nSPS) is 25.2. The summed E-state index contributed by atoms with van der Waals surface area (Å²) in [4.78, 5) is 11.6. The Morgan fingerprint density at radius 1 is 1.00 bits per heavy atom. The summed E-state index contributed by atoms with van der Waals surface area (Å²) in [5, 5.41) is 0. The fourth-order valence-electron chi connectivity index (χ4n) is 3.00. The zero-order valence-corrected chi connectivity index (χ0v) is 14.6. The van der Waals surface area contributed by atoms with Crippen LogP contribution in [0.4, 0.5) is 4.79 Å². The minimum Gasteiger partial charge on any atom is -0.434 e. The van der Waals surface area contributed by atoms with Crippen LogP contribution in [0, 0.1) is 5.92 Å². The number of hydrogen-bond acceptors (Lipinski definition) is 3. The van der Waals surface area contributed by atoms with Gasteiger partial charge in [-0.2, -0.15) is 0 Å². The van der Waals surface area contributed by atoms with E-state index in [4.69, 9.17) is 9.47 Å². The lowest BCUT2D eigenvalue weighted by Crippen LogP contribution is -2.08. The van der Waals surface area contributed by atoms with Crippen molar-refractivity contribution in [2.75, 3.05) is 6.61 Å². The highest BCUT2D eigenvalue weighted by atomic mass is 16.7. The van der Waals surface area contributed by atoms with Crippen molar-refractivity contribution in [1.29, 1.82) is 0 Å². The Balaban J connectivity index is 2.52. The molecule has 3 heteroatoms. The standard InChI is InChI=1S/C19H34O3/c1-3-21-19(20)22-18-15-13-11-9-7-5-4-6-8-10-12-14-17(2)16-18/h16-17H,3-15H2,1-2H3/b18-16+. The highest BCUT2D eigenvalue weighted by molar-refractivity contribution is 5.61. The number of carbonyl (C=O) groups excluding carboxylic acids is 1. The fraction of sp³-hybridized carbons (Fsp3) is 0.842. The van der Waals surface area contributed by atoms with Gasteiger partial charge in [0, 0.05) is 6.42 Å². The van der Waals surface area contributed by atoms with E-state index in [0.29, 0.717) is 12.5 Å². The lowest BCUT2D eigenvalue weighted by atomic mass is 10.0. The first-order valence-electron chi connectivity index (χ1n) is 9.27. The fourth-order valence-corrected chi connectivity index (χ4v) is 3.00. The summed E-state index contributed by atoms with van der Waals surface area (Å²) >= 11 is 0. The first-order chi connectivity index (χ1) is 10.7. The van der Waals surface area contributed by atoms with Crippen molar-refractivity contribution in [2.24, 2.45) is 5.92 Å².